The summed E-state index contributed by atoms with van der Waals surface area (Å²) in [6, 6.07) is 9.62. The number of nitrogens with two attached hydrogens (primary N) is 1. The highest BCUT2D eigenvalue weighted by Gasteiger charge is 2.17. The van der Waals surface area contributed by atoms with Crippen molar-refractivity contribution in [3.8, 4) is 16.9 Å². The van der Waals surface area contributed by atoms with Crippen molar-refractivity contribution in [3.05, 3.63) is 48.3 Å². The van der Waals surface area contributed by atoms with Crippen LogP contribution in [0.2, 0.25) is 0 Å². The Morgan fingerprint density at radius 2 is 2.07 bits per heavy atom. The van der Waals surface area contributed by atoms with Crippen LogP contribution in [0.1, 0.15) is 24.8 Å². The second-order valence-electron chi connectivity index (χ2n) is 6.96. The number of methoxy groups -OCH3 is 2. The van der Waals surface area contributed by atoms with Crippen molar-refractivity contribution < 1.29 is 23.7 Å². The maximum Gasteiger partial charge on any atom is 0.127 e. The quantitative estimate of drug-likeness (QED) is 0.352. The minimum Gasteiger partial charge on any atom is -0.493 e. The van der Waals surface area contributed by atoms with Gasteiger partial charge in [-0.15, -0.1) is 0 Å². The van der Waals surface area contributed by atoms with Gasteiger partial charge in [-0.25, -0.2) is 0 Å². The molecule has 0 spiro atoms. The third kappa shape index (κ3) is 7.84. The van der Waals surface area contributed by atoms with Crippen LogP contribution in [0.4, 0.5) is 0 Å². The lowest BCUT2D eigenvalue weighted by molar-refractivity contribution is -0.108. The van der Waals surface area contributed by atoms with Crippen molar-refractivity contribution in [1.82, 2.24) is 4.98 Å². The number of benzene rings is 1. The van der Waals surface area contributed by atoms with Crippen molar-refractivity contribution in [2.24, 2.45) is 5.73 Å². The van der Waals surface area contributed by atoms with Gasteiger partial charge >= 0.3 is 0 Å². The zero-order chi connectivity index (χ0) is 21.6. The molecule has 30 heavy (non-hydrogen) atoms. The molecule has 0 aliphatic heterocycles. The Morgan fingerprint density at radius 1 is 1.20 bits per heavy atom. The Morgan fingerprint density at radius 3 is 2.77 bits per heavy atom. The van der Waals surface area contributed by atoms with Gasteiger partial charge in [0.05, 0.1) is 32.0 Å². The first-order chi connectivity index (χ1) is 14.7. The topological polar surface area (TPSA) is 92.9 Å². The van der Waals surface area contributed by atoms with Gasteiger partial charge in [-0.2, -0.15) is 0 Å². The molecule has 2 aromatic rings. The molecular formula is C23H32N2O5. The summed E-state index contributed by atoms with van der Waals surface area (Å²) in [6.07, 6.45) is 6.04. The molecule has 2 N–H and O–H groups in total. The molecule has 0 aliphatic carbocycles. The lowest BCUT2D eigenvalue weighted by Crippen LogP contribution is -2.40. The highest BCUT2D eigenvalue weighted by molar-refractivity contribution is 5.70. The Hall–Kier alpha value is -2.32. The van der Waals surface area contributed by atoms with Crippen LogP contribution < -0.4 is 10.5 Å². The van der Waals surface area contributed by atoms with Crippen LogP contribution in [-0.4, -0.2) is 57.5 Å². The number of carbonyl (C=O) groups is 1. The summed E-state index contributed by atoms with van der Waals surface area (Å²) in [6.45, 7) is 1.95. The molecule has 7 nitrogen and oxygen atoms in total. The second kappa shape index (κ2) is 13.8. The van der Waals surface area contributed by atoms with Crippen molar-refractivity contribution in [2.45, 2.75) is 38.0 Å². The van der Waals surface area contributed by atoms with Crippen LogP contribution in [0.3, 0.4) is 0 Å². The van der Waals surface area contributed by atoms with E-state index >= 15 is 0 Å². The monoisotopic (exact) mass is 416 g/mol. The van der Waals surface area contributed by atoms with Gasteiger partial charge in [0.1, 0.15) is 12.0 Å². The van der Waals surface area contributed by atoms with E-state index in [0.717, 1.165) is 35.1 Å². The summed E-state index contributed by atoms with van der Waals surface area (Å²) in [5.41, 5.74) is 9.11. The standard InChI is InChI=1S/C23H32N2O5/c1-27-12-5-13-30-23-14-18(8-9-20(23)19-6-3-10-25-15-19)16-29-17-21(24)22(28-2)7-4-11-26/h3,6,8-11,14-15,21-22H,4-5,7,12-13,16-17,24H2,1-2H3. The molecule has 0 saturated carbocycles. The summed E-state index contributed by atoms with van der Waals surface area (Å²) >= 11 is 0. The average Bonchev–Trinajstić information content (AvgIpc) is 2.78. The van der Waals surface area contributed by atoms with Crippen molar-refractivity contribution in [1.29, 1.82) is 0 Å². The Balaban J connectivity index is 2.01. The fourth-order valence-corrected chi connectivity index (χ4v) is 3.08. The molecule has 2 atom stereocenters. The van der Waals surface area contributed by atoms with Gasteiger partial charge in [0.15, 0.2) is 0 Å². The van der Waals surface area contributed by atoms with Crippen LogP contribution in [0.5, 0.6) is 5.75 Å². The molecule has 0 aliphatic rings. The van der Waals surface area contributed by atoms with Crippen molar-refractivity contribution >= 4 is 6.29 Å². The molecule has 1 aromatic heterocycles. The SMILES string of the molecule is COCCCOc1cc(COCC(N)C(CCC=O)OC)ccc1-c1cccnc1. The van der Waals surface area contributed by atoms with Gasteiger partial charge in [0.25, 0.3) is 0 Å². The van der Waals surface area contributed by atoms with Crippen LogP contribution in [0.15, 0.2) is 42.7 Å². The molecule has 1 aromatic carbocycles. The first-order valence-electron chi connectivity index (χ1n) is 10.1. The second-order valence-corrected chi connectivity index (χ2v) is 6.96. The normalized spacial score (nSPS) is 13.0. The first-order valence-corrected chi connectivity index (χ1v) is 10.1. The minimum absolute atomic E-state index is 0.206. The highest BCUT2D eigenvalue weighted by atomic mass is 16.5. The van der Waals surface area contributed by atoms with Gasteiger partial charge in [-0.05, 0) is 24.1 Å². The van der Waals surface area contributed by atoms with Gasteiger partial charge in [-0.3, -0.25) is 4.98 Å². The van der Waals surface area contributed by atoms with Crippen LogP contribution in [0, 0.1) is 0 Å². The highest BCUT2D eigenvalue weighted by Crippen LogP contribution is 2.31. The van der Waals surface area contributed by atoms with E-state index in [9.17, 15) is 4.79 Å². The Bertz CT molecular complexity index is 742. The summed E-state index contributed by atoms with van der Waals surface area (Å²) in [5.74, 6) is 0.783. The molecule has 0 amide bonds. The molecule has 0 bridgehead atoms. The molecule has 0 radical (unpaired) electrons. The van der Waals surface area contributed by atoms with Crippen molar-refractivity contribution in [3.63, 3.8) is 0 Å². The smallest absolute Gasteiger partial charge is 0.127 e. The number of aromatic nitrogens is 1. The van der Waals surface area contributed by atoms with E-state index in [2.05, 4.69) is 4.98 Å². The maximum atomic E-state index is 10.6. The molecule has 2 rings (SSSR count). The fourth-order valence-electron chi connectivity index (χ4n) is 3.08. The number of hydrogen-bond acceptors (Lipinski definition) is 7. The molecular weight excluding hydrogens is 384 g/mol. The number of nitrogens with zero attached hydrogens (tertiary/aromatic N) is 1. The third-order valence-corrected chi connectivity index (χ3v) is 4.70. The zero-order valence-electron chi connectivity index (χ0n) is 17.8. The lowest BCUT2D eigenvalue weighted by atomic mass is 10.0. The van der Waals surface area contributed by atoms with Crippen LogP contribution >= 0.6 is 0 Å². The van der Waals surface area contributed by atoms with Gasteiger partial charge < -0.3 is 29.5 Å². The molecule has 0 fully saturated rings. The van der Waals surface area contributed by atoms with Gasteiger partial charge in [0, 0.05) is 57.2 Å². The largest absolute Gasteiger partial charge is 0.493 e. The van der Waals surface area contributed by atoms with Gasteiger partial charge in [0.2, 0.25) is 0 Å². The van der Waals surface area contributed by atoms with Crippen molar-refractivity contribution in [2.75, 3.05) is 34.0 Å². The number of rotatable bonds is 15. The van der Waals surface area contributed by atoms with Gasteiger partial charge in [-0.1, -0.05) is 18.2 Å². The van der Waals surface area contributed by atoms with E-state index in [1.54, 1.807) is 20.4 Å². The summed E-state index contributed by atoms with van der Waals surface area (Å²) < 4.78 is 22.3. The predicted octanol–water partition coefficient (Wildman–Crippen LogP) is 3.00. The van der Waals surface area contributed by atoms with Crippen LogP contribution in [0.25, 0.3) is 11.1 Å². The predicted molar refractivity (Wildman–Crippen MR) is 115 cm³/mol. The number of ether oxygens (including phenoxy) is 4. The molecule has 164 valence electrons. The fraction of sp³-hybridized carbons (Fsp3) is 0.478. The molecule has 7 heteroatoms. The third-order valence-electron chi connectivity index (χ3n) is 4.70. The van der Waals surface area contributed by atoms with E-state index in [0.29, 0.717) is 39.3 Å². The van der Waals surface area contributed by atoms with E-state index in [4.69, 9.17) is 24.7 Å². The zero-order valence-corrected chi connectivity index (χ0v) is 17.8. The molecule has 0 saturated heterocycles. The number of carbonyl (C=O) groups excluding carboxylic acids is 1. The van der Waals surface area contributed by atoms with E-state index < -0.39 is 0 Å². The average molecular weight is 417 g/mol. The molecule has 1 heterocycles. The van der Waals surface area contributed by atoms with Crippen LogP contribution in [-0.2, 0) is 25.6 Å². The lowest BCUT2D eigenvalue weighted by Gasteiger charge is -2.22. The van der Waals surface area contributed by atoms with E-state index in [1.807, 2.05) is 36.5 Å². The summed E-state index contributed by atoms with van der Waals surface area (Å²) in [7, 11) is 3.27. The minimum atomic E-state index is -0.297. The Labute approximate surface area is 178 Å². The molecule has 2 unspecified atom stereocenters. The number of pyridine rings is 1. The summed E-state index contributed by atoms with van der Waals surface area (Å²) in [5, 5.41) is 0. The number of hydrogen-bond donors (Lipinski definition) is 1. The number of aldehydes is 1. The summed E-state index contributed by atoms with van der Waals surface area (Å²) in [4.78, 5) is 14.8. The Kier molecular flexibility index (Phi) is 11.0. The van der Waals surface area contributed by atoms with E-state index in [1.165, 1.54) is 0 Å². The first kappa shape index (κ1) is 24.0. The maximum absolute atomic E-state index is 10.6. The van der Waals surface area contributed by atoms with E-state index in [-0.39, 0.29) is 12.1 Å².